The summed E-state index contributed by atoms with van der Waals surface area (Å²) in [4.78, 5) is 0. The van der Waals surface area contributed by atoms with E-state index in [4.69, 9.17) is 4.74 Å². The fraction of sp³-hybridized carbons (Fsp3) is 0.419. The van der Waals surface area contributed by atoms with Gasteiger partial charge in [0.1, 0.15) is 0 Å². The van der Waals surface area contributed by atoms with Crippen LogP contribution < -0.4 is 5.32 Å². The lowest BCUT2D eigenvalue weighted by atomic mass is 10.2. The molecule has 2 heteroatoms. The third kappa shape index (κ3) is 25.7. The fourth-order valence-electron chi connectivity index (χ4n) is 2.31. The Balaban J connectivity index is -0.000000371. The van der Waals surface area contributed by atoms with Crippen LogP contribution in [0, 0.1) is 6.92 Å². The minimum atomic E-state index is 0.810. The van der Waals surface area contributed by atoms with Crippen molar-refractivity contribution in [3.05, 3.63) is 108 Å². The molecular formula is C31H51NO. The highest BCUT2D eigenvalue weighted by molar-refractivity contribution is 5.15. The Kier molecular flexibility index (Phi) is 33.9. The molecule has 2 nitrogen and oxygen atoms in total. The molecule has 0 spiro atoms. The predicted molar refractivity (Wildman–Crippen MR) is 151 cm³/mol. The Labute approximate surface area is 206 Å². The first kappa shape index (κ1) is 35.2. The molecule has 0 aliphatic rings. The number of hydrogen-bond acceptors (Lipinski definition) is 2. The molecule has 3 aromatic rings. The van der Waals surface area contributed by atoms with E-state index in [0.717, 1.165) is 26.0 Å². The summed E-state index contributed by atoms with van der Waals surface area (Å²) in [6, 6.07) is 31.1. The molecule has 33 heavy (non-hydrogen) atoms. The van der Waals surface area contributed by atoms with Crippen LogP contribution in [0.1, 0.15) is 58.2 Å². The van der Waals surface area contributed by atoms with Gasteiger partial charge in [-0.3, -0.25) is 0 Å². The van der Waals surface area contributed by atoms with Gasteiger partial charge in [0, 0.05) is 7.11 Å². The molecule has 0 aliphatic heterocycles. The maximum absolute atomic E-state index is 4.95. The summed E-state index contributed by atoms with van der Waals surface area (Å²) < 4.78 is 4.95. The zero-order chi connectivity index (χ0) is 25.6. The molecule has 0 bridgehead atoms. The standard InChI is InChI=1S/C9H13N.C9H12O.C7H8.3C2H6/c2*1-10-8-7-9-5-3-2-4-6-9;1-7-5-3-2-4-6-7;3*1-2/h2-6,10H,7-8H2,1H3;2-6H,7-8H2,1H3;2-6H,1H3;3*1-2H3. The van der Waals surface area contributed by atoms with Gasteiger partial charge in [-0.15, -0.1) is 0 Å². The highest BCUT2D eigenvalue weighted by Gasteiger charge is 1.88. The van der Waals surface area contributed by atoms with Crippen LogP contribution >= 0.6 is 0 Å². The molecule has 0 fully saturated rings. The van der Waals surface area contributed by atoms with Crippen LogP contribution in [0.25, 0.3) is 0 Å². The summed E-state index contributed by atoms with van der Waals surface area (Å²) in [5.74, 6) is 0. The Morgan fingerprint density at radius 3 is 1.24 bits per heavy atom. The lowest BCUT2D eigenvalue weighted by Crippen LogP contribution is -2.09. The van der Waals surface area contributed by atoms with Crippen molar-refractivity contribution in [3.63, 3.8) is 0 Å². The Bertz CT molecular complexity index is 626. The number of ether oxygens (including phenoxy) is 1. The Morgan fingerprint density at radius 1 is 0.576 bits per heavy atom. The molecule has 0 saturated heterocycles. The normalized spacial score (nSPS) is 8.27. The van der Waals surface area contributed by atoms with E-state index in [9.17, 15) is 0 Å². The number of nitrogens with one attached hydrogen (secondary N) is 1. The lowest BCUT2D eigenvalue weighted by Gasteiger charge is -1.97. The van der Waals surface area contributed by atoms with Gasteiger partial charge in [-0.05, 0) is 44.5 Å². The number of rotatable bonds is 6. The molecule has 3 rings (SSSR count). The maximum Gasteiger partial charge on any atom is 0.0502 e. The summed E-state index contributed by atoms with van der Waals surface area (Å²) in [5.41, 5.74) is 4.06. The number of aryl methyl sites for hydroxylation is 1. The van der Waals surface area contributed by atoms with E-state index in [1.165, 1.54) is 16.7 Å². The molecule has 186 valence electrons. The molecule has 3 aromatic carbocycles. The first-order valence-corrected chi connectivity index (χ1v) is 12.5. The van der Waals surface area contributed by atoms with E-state index in [0.29, 0.717) is 0 Å². The van der Waals surface area contributed by atoms with Crippen molar-refractivity contribution in [2.24, 2.45) is 0 Å². The van der Waals surface area contributed by atoms with E-state index in [2.05, 4.69) is 60.8 Å². The Morgan fingerprint density at radius 2 is 0.939 bits per heavy atom. The Hall–Kier alpha value is -2.42. The van der Waals surface area contributed by atoms with Gasteiger partial charge in [0.25, 0.3) is 0 Å². The smallest absolute Gasteiger partial charge is 0.0502 e. The molecule has 0 aromatic heterocycles. The molecule has 0 radical (unpaired) electrons. The first-order chi connectivity index (χ1) is 16.3. The molecule has 0 heterocycles. The van der Waals surface area contributed by atoms with E-state index in [1.54, 1.807) is 7.11 Å². The number of benzene rings is 3. The number of likely N-dealkylation sites (N-methyl/N-ethyl adjacent to an activating group) is 1. The monoisotopic (exact) mass is 453 g/mol. The van der Waals surface area contributed by atoms with Gasteiger partial charge in [0.2, 0.25) is 0 Å². The largest absolute Gasteiger partial charge is 0.384 e. The van der Waals surface area contributed by atoms with Crippen molar-refractivity contribution < 1.29 is 4.74 Å². The summed E-state index contributed by atoms with van der Waals surface area (Å²) in [6.07, 6.45) is 2.13. The first-order valence-electron chi connectivity index (χ1n) is 12.5. The molecule has 1 N–H and O–H groups in total. The lowest BCUT2D eigenvalue weighted by molar-refractivity contribution is 0.202. The molecule has 0 atom stereocenters. The van der Waals surface area contributed by atoms with Crippen molar-refractivity contribution in [1.82, 2.24) is 5.32 Å². The van der Waals surface area contributed by atoms with E-state index in [-0.39, 0.29) is 0 Å². The fourth-order valence-corrected chi connectivity index (χ4v) is 2.31. The van der Waals surface area contributed by atoms with Crippen LogP contribution in [0.15, 0.2) is 91.0 Å². The predicted octanol–water partition coefficient (Wildman–Crippen LogP) is 8.40. The second kappa shape index (κ2) is 31.8. The average Bonchev–Trinajstić information content (AvgIpc) is 2.92. The van der Waals surface area contributed by atoms with Crippen molar-refractivity contribution in [2.45, 2.75) is 61.3 Å². The maximum atomic E-state index is 4.95. The van der Waals surface area contributed by atoms with Gasteiger partial charge in [0.15, 0.2) is 0 Å². The molecule has 0 amide bonds. The van der Waals surface area contributed by atoms with Crippen LogP contribution in [0.5, 0.6) is 0 Å². The highest BCUT2D eigenvalue weighted by atomic mass is 16.5. The average molecular weight is 454 g/mol. The van der Waals surface area contributed by atoms with Gasteiger partial charge in [0.05, 0.1) is 6.61 Å². The zero-order valence-electron chi connectivity index (χ0n) is 22.9. The van der Waals surface area contributed by atoms with Crippen LogP contribution in [0.2, 0.25) is 0 Å². The number of hydrogen-bond donors (Lipinski definition) is 1. The minimum absolute atomic E-state index is 0.810. The second-order valence-corrected chi connectivity index (χ2v) is 6.22. The van der Waals surface area contributed by atoms with Gasteiger partial charge >= 0.3 is 0 Å². The van der Waals surface area contributed by atoms with Crippen LogP contribution in [-0.4, -0.2) is 27.3 Å². The highest BCUT2D eigenvalue weighted by Crippen LogP contribution is 1.99. The van der Waals surface area contributed by atoms with E-state index >= 15 is 0 Å². The van der Waals surface area contributed by atoms with Crippen LogP contribution in [0.4, 0.5) is 0 Å². The molecule has 0 saturated carbocycles. The van der Waals surface area contributed by atoms with Crippen LogP contribution in [0.3, 0.4) is 0 Å². The third-order valence-electron chi connectivity index (χ3n) is 3.88. The summed E-state index contributed by atoms with van der Waals surface area (Å²) >= 11 is 0. The summed E-state index contributed by atoms with van der Waals surface area (Å²) in [7, 11) is 3.70. The minimum Gasteiger partial charge on any atom is -0.384 e. The zero-order valence-corrected chi connectivity index (χ0v) is 22.9. The van der Waals surface area contributed by atoms with Crippen molar-refractivity contribution in [1.29, 1.82) is 0 Å². The van der Waals surface area contributed by atoms with Gasteiger partial charge in [-0.1, -0.05) is 138 Å². The summed E-state index contributed by atoms with van der Waals surface area (Å²) in [5, 5.41) is 3.12. The van der Waals surface area contributed by atoms with Crippen molar-refractivity contribution >= 4 is 0 Å². The molecular weight excluding hydrogens is 402 g/mol. The van der Waals surface area contributed by atoms with Gasteiger partial charge in [-0.2, -0.15) is 0 Å². The second-order valence-electron chi connectivity index (χ2n) is 6.22. The SMILES string of the molecule is CC.CC.CC.CNCCc1ccccc1.COCCc1ccccc1.Cc1ccccc1. The molecule has 0 aliphatic carbocycles. The van der Waals surface area contributed by atoms with Crippen LogP contribution in [-0.2, 0) is 17.6 Å². The number of methoxy groups -OCH3 is 1. The van der Waals surface area contributed by atoms with Crippen molar-refractivity contribution in [3.8, 4) is 0 Å². The third-order valence-corrected chi connectivity index (χ3v) is 3.88. The van der Waals surface area contributed by atoms with E-state index in [1.807, 2.05) is 91.1 Å². The van der Waals surface area contributed by atoms with E-state index < -0.39 is 0 Å². The van der Waals surface area contributed by atoms with Gasteiger partial charge in [-0.25, -0.2) is 0 Å². The van der Waals surface area contributed by atoms with Crippen molar-refractivity contribution in [2.75, 3.05) is 27.3 Å². The molecule has 0 unspecified atom stereocenters. The quantitative estimate of drug-likeness (QED) is 0.404. The van der Waals surface area contributed by atoms with Gasteiger partial charge < -0.3 is 10.1 Å². The summed E-state index contributed by atoms with van der Waals surface area (Å²) in [6.45, 7) is 16.0. The topological polar surface area (TPSA) is 21.3 Å².